The van der Waals surface area contributed by atoms with Gasteiger partial charge >= 0.3 is 8.25 Å². The first-order valence-electron chi connectivity index (χ1n) is 8.16. The van der Waals surface area contributed by atoms with Gasteiger partial charge in [0.1, 0.15) is 12.4 Å². The van der Waals surface area contributed by atoms with Gasteiger partial charge in [0.2, 0.25) is 5.91 Å². The first kappa shape index (κ1) is 19.6. The van der Waals surface area contributed by atoms with Crippen molar-refractivity contribution in [1.82, 2.24) is 9.55 Å². The topological polar surface area (TPSA) is 93.5 Å². The Kier molecular flexibility index (Phi) is 6.39. The third kappa shape index (κ3) is 5.40. The molecule has 2 aromatic carbocycles. The van der Waals surface area contributed by atoms with Crippen LogP contribution in [-0.4, -0.2) is 20.4 Å². The maximum absolute atomic E-state index is 13.1. The maximum Gasteiger partial charge on any atom is 0.695 e. The Morgan fingerprint density at radius 1 is 1.21 bits per heavy atom. The highest BCUT2D eigenvalue weighted by atomic mass is 31.1. The molecule has 1 amide bonds. The molecule has 0 aliphatic rings. The van der Waals surface area contributed by atoms with E-state index in [0.29, 0.717) is 16.9 Å². The Bertz CT molecular complexity index is 1000. The van der Waals surface area contributed by atoms with Crippen molar-refractivity contribution >= 4 is 25.9 Å². The number of rotatable bonds is 7. The van der Waals surface area contributed by atoms with Crippen molar-refractivity contribution in [1.29, 1.82) is 0 Å². The van der Waals surface area contributed by atoms with Crippen molar-refractivity contribution in [2.45, 2.75) is 6.61 Å². The number of benzene rings is 2. The van der Waals surface area contributed by atoms with Crippen LogP contribution in [0.3, 0.4) is 0 Å². The van der Waals surface area contributed by atoms with Gasteiger partial charge in [0.15, 0.2) is 0 Å². The average Bonchev–Trinajstić information content (AvgIpc) is 3.15. The highest BCUT2D eigenvalue weighted by molar-refractivity contribution is 7.32. The molecule has 1 atom stereocenters. The second-order valence-electron chi connectivity index (χ2n) is 5.70. The number of hydrogen-bond donors (Lipinski definition) is 2. The summed E-state index contributed by atoms with van der Waals surface area (Å²) >= 11 is 0. The number of amides is 1. The summed E-state index contributed by atoms with van der Waals surface area (Å²) in [6.07, 6.45) is 6.13. The van der Waals surface area contributed by atoms with Crippen LogP contribution in [0.15, 0.2) is 67.1 Å². The second-order valence-corrected chi connectivity index (χ2v) is 6.43. The summed E-state index contributed by atoms with van der Waals surface area (Å²) in [6, 6.07) is 12.6. The van der Waals surface area contributed by atoms with Gasteiger partial charge in [-0.2, -0.15) is 0 Å². The van der Waals surface area contributed by atoms with E-state index < -0.39 is 8.25 Å². The monoisotopic (exact) mass is 400 g/mol. The molecular formula is C19H16FN3O4P+. The number of carbonyl (C=O) groups excluding carboxylic acids is 1. The van der Waals surface area contributed by atoms with E-state index in [-0.39, 0.29) is 18.3 Å². The SMILES string of the molecule is O=C(C=Cc1cncn1-c1ccc(F)cc1)Nc1ccc(CO[P+](=O)O)cc1. The minimum absolute atomic E-state index is 0.00715. The van der Waals surface area contributed by atoms with E-state index in [1.165, 1.54) is 18.2 Å². The number of carbonyl (C=O) groups is 1. The molecule has 0 saturated carbocycles. The van der Waals surface area contributed by atoms with Gasteiger partial charge < -0.3 is 5.32 Å². The summed E-state index contributed by atoms with van der Waals surface area (Å²) in [7, 11) is -2.64. The molecule has 142 valence electrons. The van der Waals surface area contributed by atoms with Gasteiger partial charge in [-0.05, 0) is 48.0 Å². The zero-order valence-corrected chi connectivity index (χ0v) is 15.4. The van der Waals surface area contributed by atoms with Crippen molar-refractivity contribution in [3.05, 3.63) is 84.2 Å². The molecule has 0 radical (unpaired) electrons. The molecular weight excluding hydrogens is 384 g/mol. The number of nitrogens with zero attached hydrogens (tertiary/aromatic N) is 2. The highest BCUT2D eigenvalue weighted by Crippen LogP contribution is 2.19. The number of anilines is 1. The molecule has 1 unspecified atom stereocenters. The Labute approximate surface area is 161 Å². The Hall–Kier alpha value is -3.19. The summed E-state index contributed by atoms with van der Waals surface area (Å²) in [5, 5.41) is 2.71. The van der Waals surface area contributed by atoms with Crippen LogP contribution in [0.1, 0.15) is 11.3 Å². The molecule has 3 rings (SSSR count). The van der Waals surface area contributed by atoms with Crippen molar-refractivity contribution in [2.75, 3.05) is 5.32 Å². The van der Waals surface area contributed by atoms with Crippen molar-refractivity contribution in [3.8, 4) is 5.69 Å². The number of hydrogen-bond acceptors (Lipinski definition) is 4. The van der Waals surface area contributed by atoms with Crippen molar-refractivity contribution < 1.29 is 23.2 Å². The Morgan fingerprint density at radius 2 is 1.93 bits per heavy atom. The molecule has 1 aromatic heterocycles. The quantitative estimate of drug-likeness (QED) is 0.464. The van der Waals surface area contributed by atoms with Crippen LogP contribution in [0.25, 0.3) is 11.8 Å². The van der Waals surface area contributed by atoms with Crippen LogP contribution in [0.5, 0.6) is 0 Å². The van der Waals surface area contributed by atoms with E-state index in [2.05, 4.69) is 14.8 Å². The maximum atomic E-state index is 13.1. The van der Waals surface area contributed by atoms with E-state index in [9.17, 15) is 13.8 Å². The molecule has 0 spiro atoms. The first-order chi connectivity index (χ1) is 13.5. The molecule has 0 aliphatic heterocycles. The molecule has 0 bridgehead atoms. The normalized spacial score (nSPS) is 11.6. The fourth-order valence-electron chi connectivity index (χ4n) is 2.41. The molecule has 0 fully saturated rings. The van der Waals surface area contributed by atoms with Gasteiger partial charge in [0.05, 0.1) is 18.2 Å². The lowest BCUT2D eigenvalue weighted by molar-refractivity contribution is -0.111. The van der Waals surface area contributed by atoms with E-state index in [1.807, 2.05) is 0 Å². The van der Waals surface area contributed by atoms with E-state index >= 15 is 0 Å². The Balaban J connectivity index is 1.62. The molecule has 3 aromatic rings. The molecule has 9 heteroatoms. The van der Waals surface area contributed by atoms with Crippen molar-refractivity contribution in [3.63, 3.8) is 0 Å². The molecule has 28 heavy (non-hydrogen) atoms. The zero-order valence-electron chi connectivity index (χ0n) is 14.5. The first-order valence-corrected chi connectivity index (χ1v) is 9.29. The minimum atomic E-state index is -2.64. The summed E-state index contributed by atoms with van der Waals surface area (Å²) < 4.78 is 29.9. The van der Waals surface area contributed by atoms with Crippen LogP contribution in [0.4, 0.5) is 10.1 Å². The number of aromatic nitrogens is 2. The van der Waals surface area contributed by atoms with Crippen molar-refractivity contribution in [2.24, 2.45) is 0 Å². The van der Waals surface area contributed by atoms with Gasteiger partial charge in [-0.3, -0.25) is 9.36 Å². The fourth-order valence-corrected chi connectivity index (χ4v) is 2.66. The largest absolute Gasteiger partial charge is 0.695 e. The molecule has 2 N–H and O–H groups in total. The summed E-state index contributed by atoms with van der Waals surface area (Å²) in [5.74, 6) is -0.669. The summed E-state index contributed by atoms with van der Waals surface area (Å²) in [6.45, 7) is 0.00715. The van der Waals surface area contributed by atoms with Crippen LogP contribution in [0.2, 0.25) is 0 Å². The molecule has 0 saturated heterocycles. The van der Waals surface area contributed by atoms with E-state index in [1.54, 1.807) is 59.6 Å². The van der Waals surface area contributed by atoms with Crippen LogP contribution >= 0.6 is 8.25 Å². The zero-order chi connectivity index (χ0) is 19.9. The highest BCUT2D eigenvalue weighted by Gasteiger charge is 2.11. The van der Waals surface area contributed by atoms with Gasteiger partial charge in [-0.25, -0.2) is 9.37 Å². The Morgan fingerprint density at radius 3 is 2.61 bits per heavy atom. The molecule has 1 heterocycles. The van der Waals surface area contributed by atoms with Gasteiger partial charge in [-0.15, -0.1) is 9.42 Å². The van der Waals surface area contributed by atoms with E-state index in [4.69, 9.17) is 4.89 Å². The van der Waals surface area contributed by atoms with Gasteiger partial charge in [0.25, 0.3) is 0 Å². The predicted octanol–water partition coefficient (Wildman–Crippen LogP) is 3.83. The second kappa shape index (κ2) is 9.14. The fraction of sp³-hybridized carbons (Fsp3) is 0.0526. The van der Waals surface area contributed by atoms with Gasteiger partial charge in [0, 0.05) is 22.0 Å². The lowest BCUT2D eigenvalue weighted by Gasteiger charge is -2.05. The minimum Gasteiger partial charge on any atom is -0.323 e. The van der Waals surface area contributed by atoms with Crippen LogP contribution < -0.4 is 5.32 Å². The number of halogens is 1. The van der Waals surface area contributed by atoms with E-state index in [0.717, 1.165) is 5.69 Å². The average molecular weight is 400 g/mol. The molecule has 0 aliphatic carbocycles. The van der Waals surface area contributed by atoms with Crippen LogP contribution in [-0.2, 0) is 20.5 Å². The molecule has 7 nitrogen and oxygen atoms in total. The predicted molar refractivity (Wildman–Crippen MR) is 102 cm³/mol. The lowest BCUT2D eigenvalue weighted by Crippen LogP contribution is -2.08. The summed E-state index contributed by atoms with van der Waals surface area (Å²) in [4.78, 5) is 24.8. The third-order valence-electron chi connectivity index (χ3n) is 3.74. The lowest BCUT2D eigenvalue weighted by atomic mass is 10.2. The number of imidazole rings is 1. The summed E-state index contributed by atoms with van der Waals surface area (Å²) in [5.41, 5.74) is 2.65. The third-order valence-corrected chi connectivity index (χ3v) is 4.09. The van der Waals surface area contributed by atoms with Crippen LogP contribution in [0, 0.1) is 5.82 Å². The smallest absolute Gasteiger partial charge is 0.323 e. The van der Waals surface area contributed by atoms with Gasteiger partial charge in [-0.1, -0.05) is 12.1 Å². The standard InChI is InChI=1S/C19H15FN3O4P/c20-15-3-7-17(8-4-15)23-13-21-11-18(23)9-10-19(24)22-16-5-1-14(2-6-16)12-27-28(25)26/h1-11,13H,12H2,(H-,22,24,25,26)/p+1. The number of nitrogens with one attached hydrogen (secondary N) is 1.